The van der Waals surface area contributed by atoms with E-state index in [0.717, 1.165) is 61.0 Å². The molecule has 2 aliphatic rings. The number of hydrogen-bond acceptors (Lipinski definition) is 11. The molecule has 260 valence electrons. The van der Waals surface area contributed by atoms with Gasteiger partial charge in [-0.1, -0.05) is 13.0 Å². The highest BCUT2D eigenvalue weighted by molar-refractivity contribution is 9.10. The lowest BCUT2D eigenvalue weighted by Crippen LogP contribution is -2.52. The first-order valence-electron chi connectivity index (χ1n) is 17.0. The standard InChI is InChI=1S/C36H47BrN9O2P/c1-7-25-20-31(33(48-4)22-32(25)46-14-12-27(13-15-46)45-18-16-44(3)17-19-45)40-36-38-23-28(37)35(41-36)39-30-11-9-26(21-34(30)49(5,6)47)29-10-8-24(2)42-43-29/h8-11,20-23,27H,7,12-19H2,1-6H3,(H2,38,39,40,41). The summed E-state index contributed by atoms with van der Waals surface area (Å²) in [6.45, 7) is 14.3. The van der Waals surface area contributed by atoms with E-state index in [0.29, 0.717) is 33.3 Å². The van der Waals surface area contributed by atoms with Gasteiger partial charge >= 0.3 is 0 Å². The molecule has 11 nitrogen and oxygen atoms in total. The smallest absolute Gasteiger partial charge is 0.229 e. The molecule has 4 heterocycles. The van der Waals surface area contributed by atoms with Gasteiger partial charge in [0.05, 0.1) is 34.3 Å². The highest BCUT2D eigenvalue weighted by Crippen LogP contribution is 2.41. The predicted molar refractivity (Wildman–Crippen MR) is 204 cm³/mol. The van der Waals surface area contributed by atoms with Crippen LogP contribution in [0.5, 0.6) is 5.75 Å². The van der Waals surface area contributed by atoms with Gasteiger partial charge in [0.15, 0.2) is 0 Å². The molecule has 2 N–H and O–H groups in total. The van der Waals surface area contributed by atoms with Crippen molar-refractivity contribution >= 4 is 57.2 Å². The Hall–Kier alpha value is -3.57. The van der Waals surface area contributed by atoms with E-state index in [9.17, 15) is 4.57 Å². The Labute approximate surface area is 298 Å². The van der Waals surface area contributed by atoms with Crippen LogP contribution in [0.1, 0.15) is 31.0 Å². The molecule has 0 spiro atoms. The second-order valence-electron chi connectivity index (χ2n) is 13.4. The molecule has 0 amide bonds. The number of aryl methyl sites for hydroxylation is 2. The first kappa shape index (κ1) is 35.3. The third kappa shape index (κ3) is 8.26. The molecule has 0 bridgehead atoms. The van der Waals surface area contributed by atoms with Gasteiger partial charge in [-0.15, -0.1) is 0 Å². The number of likely N-dealkylation sites (N-methyl/N-ethyl adjacent to an activating group) is 1. The summed E-state index contributed by atoms with van der Waals surface area (Å²) in [7, 11) is 1.23. The third-order valence-electron chi connectivity index (χ3n) is 9.56. The molecule has 2 saturated heterocycles. The zero-order valence-electron chi connectivity index (χ0n) is 29.3. The first-order chi connectivity index (χ1) is 23.5. The number of piperazine rings is 1. The number of halogens is 1. The summed E-state index contributed by atoms with van der Waals surface area (Å²) in [5.74, 6) is 1.70. The maximum absolute atomic E-state index is 13.5. The number of piperidine rings is 1. The molecule has 2 aromatic heterocycles. The molecule has 13 heteroatoms. The number of methoxy groups -OCH3 is 1. The van der Waals surface area contributed by atoms with Crippen molar-refractivity contribution in [2.75, 3.05) is 82.3 Å². The van der Waals surface area contributed by atoms with Crippen LogP contribution in [0, 0.1) is 6.92 Å². The molecule has 2 aliphatic heterocycles. The Bertz CT molecular complexity index is 1820. The maximum atomic E-state index is 13.5. The van der Waals surface area contributed by atoms with Crippen LogP contribution in [0.25, 0.3) is 11.3 Å². The number of nitrogens with zero attached hydrogens (tertiary/aromatic N) is 7. The molecule has 0 atom stereocenters. The van der Waals surface area contributed by atoms with Crippen molar-refractivity contribution in [3.63, 3.8) is 0 Å². The van der Waals surface area contributed by atoms with Crippen molar-refractivity contribution in [1.29, 1.82) is 0 Å². The van der Waals surface area contributed by atoms with Gasteiger partial charge in [-0.2, -0.15) is 15.2 Å². The van der Waals surface area contributed by atoms with E-state index in [1.165, 1.54) is 37.2 Å². The van der Waals surface area contributed by atoms with Gasteiger partial charge in [0, 0.05) is 74.1 Å². The lowest BCUT2D eigenvalue weighted by atomic mass is 9.99. The first-order valence-corrected chi connectivity index (χ1v) is 20.4. The van der Waals surface area contributed by atoms with Crippen molar-refractivity contribution in [1.82, 2.24) is 30.0 Å². The predicted octanol–water partition coefficient (Wildman–Crippen LogP) is 6.53. The van der Waals surface area contributed by atoms with Crippen molar-refractivity contribution < 1.29 is 9.30 Å². The van der Waals surface area contributed by atoms with Crippen LogP contribution in [0.4, 0.5) is 28.8 Å². The van der Waals surface area contributed by atoms with E-state index in [4.69, 9.17) is 9.72 Å². The SMILES string of the molecule is CCc1cc(Nc2ncc(Br)c(Nc3ccc(-c4ccc(C)nn4)cc3P(C)(C)=O)n2)c(OC)cc1N1CCC(N2CCN(C)CC2)CC1. The van der Waals surface area contributed by atoms with Crippen LogP contribution in [-0.4, -0.2) is 103 Å². The minimum Gasteiger partial charge on any atom is -0.494 e. The summed E-state index contributed by atoms with van der Waals surface area (Å²) >= 11 is 3.61. The lowest BCUT2D eigenvalue weighted by molar-refractivity contribution is 0.0982. The molecular weight excluding hydrogens is 701 g/mol. The van der Waals surface area contributed by atoms with Gasteiger partial charge in [0.2, 0.25) is 5.95 Å². The van der Waals surface area contributed by atoms with Crippen LogP contribution >= 0.6 is 23.1 Å². The Balaban J connectivity index is 1.21. The molecule has 0 saturated carbocycles. The molecular formula is C36H47BrN9O2P. The summed E-state index contributed by atoms with van der Waals surface area (Å²) in [6, 6.07) is 14.6. The summed E-state index contributed by atoms with van der Waals surface area (Å²) in [5, 5.41) is 16.0. The van der Waals surface area contributed by atoms with Crippen LogP contribution in [0.3, 0.4) is 0 Å². The van der Waals surface area contributed by atoms with Crippen LogP contribution in [0.15, 0.2) is 53.1 Å². The van der Waals surface area contributed by atoms with Crippen molar-refractivity contribution in [2.45, 2.75) is 39.2 Å². The molecule has 0 aliphatic carbocycles. The van der Waals surface area contributed by atoms with Gasteiger partial charge < -0.3 is 29.7 Å². The van der Waals surface area contributed by atoms with Crippen LogP contribution < -0.4 is 25.6 Å². The Morgan fingerprint density at radius 1 is 0.959 bits per heavy atom. The lowest BCUT2D eigenvalue weighted by Gasteiger charge is -2.43. The largest absolute Gasteiger partial charge is 0.494 e. The van der Waals surface area contributed by atoms with E-state index in [1.54, 1.807) is 26.6 Å². The number of anilines is 5. The summed E-state index contributed by atoms with van der Waals surface area (Å²) in [5.41, 5.74) is 6.41. The second-order valence-corrected chi connectivity index (χ2v) is 17.4. The number of rotatable bonds is 10. The molecule has 2 fully saturated rings. The molecule has 49 heavy (non-hydrogen) atoms. The Morgan fingerprint density at radius 3 is 2.37 bits per heavy atom. The van der Waals surface area contributed by atoms with Crippen molar-refractivity contribution in [3.05, 3.63) is 64.4 Å². The normalized spacial score (nSPS) is 16.5. The van der Waals surface area contributed by atoms with E-state index in [2.05, 4.69) is 82.5 Å². The quantitative estimate of drug-likeness (QED) is 0.173. The molecule has 6 rings (SSSR count). The van der Waals surface area contributed by atoms with Crippen LogP contribution in [0.2, 0.25) is 0 Å². The van der Waals surface area contributed by atoms with E-state index >= 15 is 0 Å². The molecule has 0 unspecified atom stereocenters. The minimum absolute atomic E-state index is 0.413. The van der Waals surface area contributed by atoms with Gasteiger partial charge in [-0.3, -0.25) is 4.90 Å². The topological polar surface area (TPSA) is 112 Å². The highest BCUT2D eigenvalue weighted by atomic mass is 79.9. The zero-order chi connectivity index (χ0) is 34.7. The summed E-state index contributed by atoms with van der Waals surface area (Å²) in [4.78, 5) is 17.0. The maximum Gasteiger partial charge on any atom is 0.229 e. The van der Waals surface area contributed by atoms with Crippen LogP contribution in [-0.2, 0) is 11.0 Å². The highest BCUT2D eigenvalue weighted by Gasteiger charge is 2.28. The third-order valence-corrected chi connectivity index (χ3v) is 11.7. The fourth-order valence-electron chi connectivity index (χ4n) is 6.68. The molecule has 0 radical (unpaired) electrons. The zero-order valence-corrected chi connectivity index (χ0v) is 31.8. The number of ether oxygens (including phenoxy) is 1. The molecule has 2 aromatic carbocycles. The number of hydrogen-bond donors (Lipinski definition) is 2. The number of aromatic nitrogens is 4. The minimum atomic E-state index is -2.69. The van der Waals surface area contributed by atoms with Gasteiger partial charge in [0.1, 0.15) is 18.7 Å². The van der Waals surface area contributed by atoms with Gasteiger partial charge in [-0.05, 0) is 98.4 Å². The fourth-order valence-corrected chi connectivity index (χ4v) is 8.13. The van der Waals surface area contributed by atoms with Crippen molar-refractivity contribution in [3.8, 4) is 17.0 Å². The van der Waals surface area contributed by atoms with E-state index in [-0.39, 0.29) is 0 Å². The number of benzene rings is 2. The average Bonchev–Trinajstić information content (AvgIpc) is 3.10. The van der Waals surface area contributed by atoms with Crippen molar-refractivity contribution in [2.24, 2.45) is 0 Å². The summed E-state index contributed by atoms with van der Waals surface area (Å²) in [6.07, 6.45) is 4.94. The van der Waals surface area contributed by atoms with E-state index < -0.39 is 7.14 Å². The van der Waals surface area contributed by atoms with Gasteiger partial charge in [0.25, 0.3) is 0 Å². The number of nitrogens with one attached hydrogen (secondary N) is 2. The Morgan fingerprint density at radius 2 is 1.71 bits per heavy atom. The van der Waals surface area contributed by atoms with E-state index in [1.807, 2.05) is 37.3 Å². The Kier molecular flexibility index (Phi) is 10.9. The monoisotopic (exact) mass is 747 g/mol. The summed E-state index contributed by atoms with van der Waals surface area (Å²) < 4.78 is 20.1. The average molecular weight is 749 g/mol. The van der Waals surface area contributed by atoms with Gasteiger partial charge in [-0.25, -0.2) is 4.98 Å². The molecule has 4 aromatic rings. The second kappa shape index (κ2) is 15.1. The fraction of sp³-hybridized carbons (Fsp3) is 0.444.